The van der Waals surface area contributed by atoms with Crippen LogP contribution in [-0.2, 0) is 0 Å². The Morgan fingerprint density at radius 1 is 1.00 bits per heavy atom. The van der Waals surface area contributed by atoms with Crippen LogP contribution in [0.25, 0.3) is 0 Å². The van der Waals surface area contributed by atoms with Crippen molar-refractivity contribution < 1.29 is 9.18 Å². The highest BCUT2D eigenvalue weighted by atomic mass is 19.1. The van der Waals surface area contributed by atoms with Crippen molar-refractivity contribution in [2.24, 2.45) is 0 Å². The second kappa shape index (κ2) is 7.13. The molecule has 0 fully saturated rings. The van der Waals surface area contributed by atoms with Gasteiger partial charge in [-0.2, -0.15) is 0 Å². The Balaban J connectivity index is 1.89. The smallest absolute Gasteiger partial charge is 0.259 e. The fourth-order valence-electron chi connectivity index (χ4n) is 2.58. The minimum Gasteiger partial charge on any atom is -0.339 e. The molecule has 4 nitrogen and oxygen atoms in total. The lowest BCUT2D eigenvalue weighted by atomic mass is 10.1. The van der Waals surface area contributed by atoms with Gasteiger partial charge in [-0.3, -0.25) is 4.79 Å². The standard InChI is InChI=1S/C20H18FN3O/c1-13-6-3-7-14(2)18(13)24-19-17(10-5-11-22-19)20(25)23-16-9-4-8-15(21)12-16/h3-12H,1-2H3,(H,22,24)(H,23,25). The van der Waals surface area contributed by atoms with E-state index in [-0.39, 0.29) is 5.91 Å². The van der Waals surface area contributed by atoms with Crippen LogP contribution in [0, 0.1) is 19.7 Å². The number of amides is 1. The molecule has 2 N–H and O–H groups in total. The number of aryl methyl sites for hydroxylation is 2. The zero-order valence-electron chi connectivity index (χ0n) is 14.0. The molecule has 0 saturated heterocycles. The van der Waals surface area contributed by atoms with Gasteiger partial charge in [-0.1, -0.05) is 24.3 Å². The van der Waals surface area contributed by atoms with Crippen molar-refractivity contribution in [3.05, 3.63) is 83.3 Å². The lowest BCUT2D eigenvalue weighted by molar-refractivity contribution is 0.102. The molecule has 0 bridgehead atoms. The predicted molar refractivity (Wildman–Crippen MR) is 97.8 cm³/mol. The summed E-state index contributed by atoms with van der Waals surface area (Å²) in [6.45, 7) is 3.98. The minimum atomic E-state index is -0.405. The molecular formula is C20H18FN3O. The third kappa shape index (κ3) is 3.83. The van der Waals surface area contributed by atoms with E-state index in [0.29, 0.717) is 17.1 Å². The van der Waals surface area contributed by atoms with Gasteiger partial charge in [0.25, 0.3) is 5.91 Å². The number of halogens is 1. The van der Waals surface area contributed by atoms with Crippen LogP contribution in [0.2, 0.25) is 0 Å². The van der Waals surface area contributed by atoms with E-state index in [1.807, 2.05) is 32.0 Å². The molecule has 0 aliphatic heterocycles. The molecule has 3 rings (SSSR count). The van der Waals surface area contributed by atoms with Gasteiger partial charge in [0.1, 0.15) is 11.6 Å². The topological polar surface area (TPSA) is 54.0 Å². The van der Waals surface area contributed by atoms with Crippen molar-refractivity contribution in [1.29, 1.82) is 0 Å². The van der Waals surface area contributed by atoms with Crippen molar-refractivity contribution in [2.75, 3.05) is 10.6 Å². The van der Waals surface area contributed by atoms with E-state index >= 15 is 0 Å². The van der Waals surface area contributed by atoms with E-state index in [1.54, 1.807) is 30.5 Å². The normalized spacial score (nSPS) is 10.4. The molecule has 25 heavy (non-hydrogen) atoms. The van der Waals surface area contributed by atoms with Gasteiger partial charge < -0.3 is 10.6 Å². The van der Waals surface area contributed by atoms with Crippen LogP contribution in [0.1, 0.15) is 21.5 Å². The van der Waals surface area contributed by atoms with E-state index < -0.39 is 5.82 Å². The summed E-state index contributed by atoms with van der Waals surface area (Å²) in [7, 11) is 0. The number of carbonyl (C=O) groups is 1. The highest BCUT2D eigenvalue weighted by Gasteiger charge is 2.14. The summed E-state index contributed by atoms with van der Waals surface area (Å²) >= 11 is 0. The molecule has 0 aliphatic carbocycles. The fourth-order valence-corrected chi connectivity index (χ4v) is 2.58. The second-order valence-corrected chi connectivity index (χ2v) is 5.76. The molecule has 1 heterocycles. The maximum atomic E-state index is 13.3. The third-order valence-electron chi connectivity index (χ3n) is 3.86. The summed E-state index contributed by atoms with van der Waals surface area (Å²) < 4.78 is 13.3. The average molecular weight is 335 g/mol. The van der Waals surface area contributed by atoms with Gasteiger partial charge in [-0.05, 0) is 55.3 Å². The monoisotopic (exact) mass is 335 g/mol. The molecule has 0 saturated carbocycles. The number of benzene rings is 2. The number of pyridine rings is 1. The van der Waals surface area contributed by atoms with Gasteiger partial charge in [0.15, 0.2) is 0 Å². The molecule has 0 atom stereocenters. The third-order valence-corrected chi connectivity index (χ3v) is 3.86. The molecule has 126 valence electrons. The van der Waals surface area contributed by atoms with Crippen molar-refractivity contribution in [3.63, 3.8) is 0 Å². The van der Waals surface area contributed by atoms with Crippen LogP contribution in [0.5, 0.6) is 0 Å². The summed E-state index contributed by atoms with van der Waals surface area (Å²) in [4.78, 5) is 16.9. The summed E-state index contributed by atoms with van der Waals surface area (Å²) in [6, 6.07) is 15.1. The van der Waals surface area contributed by atoms with Crippen LogP contribution in [0.15, 0.2) is 60.8 Å². The van der Waals surface area contributed by atoms with Gasteiger partial charge in [0, 0.05) is 17.6 Å². The molecule has 5 heteroatoms. The SMILES string of the molecule is Cc1cccc(C)c1Nc1ncccc1C(=O)Nc1cccc(F)c1. The Morgan fingerprint density at radius 3 is 2.44 bits per heavy atom. The zero-order chi connectivity index (χ0) is 17.8. The number of para-hydroxylation sites is 1. The summed E-state index contributed by atoms with van der Waals surface area (Å²) in [6.07, 6.45) is 1.62. The molecule has 0 aliphatic rings. The first kappa shape index (κ1) is 16.6. The maximum Gasteiger partial charge on any atom is 0.259 e. The molecule has 1 amide bonds. The van der Waals surface area contributed by atoms with Crippen molar-refractivity contribution in [2.45, 2.75) is 13.8 Å². The number of carbonyl (C=O) groups excluding carboxylic acids is 1. The van der Waals surface area contributed by atoms with Gasteiger partial charge >= 0.3 is 0 Å². The Morgan fingerprint density at radius 2 is 1.72 bits per heavy atom. The van der Waals surface area contributed by atoms with E-state index in [4.69, 9.17) is 0 Å². The Bertz CT molecular complexity index is 904. The van der Waals surface area contributed by atoms with Gasteiger partial charge in [0.05, 0.1) is 5.56 Å². The van der Waals surface area contributed by atoms with Crippen LogP contribution < -0.4 is 10.6 Å². The van der Waals surface area contributed by atoms with Crippen molar-refractivity contribution in [3.8, 4) is 0 Å². The Kier molecular flexibility index (Phi) is 4.75. The van der Waals surface area contributed by atoms with E-state index in [2.05, 4.69) is 15.6 Å². The Hall–Kier alpha value is -3.21. The van der Waals surface area contributed by atoms with Crippen LogP contribution in [-0.4, -0.2) is 10.9 Å². The first-order chi connectivity index (χ1) is 12.0. The first-order valence-electron chi connectivity index (χ1n) is 7.90. The van der Waals surface area contributed by atoms with E-state index in [0.717, 1.165) is 16.8 Å². The summed E-state index contributed by atoms with van der Waals surface area (Å²) in [5.74, 6) is -0.306. The van der Waals surface area contributed by atoms with Gasteiger partial charge in [-0.25, -0.2) is 9.37 Å². The fraction of sp³-hybridized carbons (Fsp3) is 0.100. The molecule has 2 aromatic carbocycles. The number of anilines is 3. The molecule has 0 radical (unpaired) electrons. The van der Waals surface area contributed by atoms with E-state index in [9.17, 15) is 9.18 Å². The van der Waals surface area contributed by atoms with E-state index in [1.165, 1.54) is 12.1 Å². The number of nitrogens with zero attached hydrogens (tertiary/aromatic N) is 1. The quantitative estimate of drug-likeness (QED) is 0.718. The zero-order valence-corrected chi connectivity index (χ0v) is 14.0. The second-order valence-electron chi connectivity index (χ2n) is 5.76. The number of hydrogen-bond acceptors (Lipinski definition) is 3. The first-order valence-corrected chi connectivity index (χ1v) is 7.90. The molecule has 0 spiro atoms. The number of hydrogen-bond donors (Lipinski definition) is 2. The molecule has 1 aromatic heterocycles. The van der Waals surface area contributed by atoms with Crippen LogP contribution in [0.4, 0.5) is 21.6 Å². The maximum absolute atomic E-state index is 13.3. The van der Waals surface area contributed by atoms with Crippen molar-refractivity contribution >= 4 is 23.1 Å². The molecular weight excluding hydrogens is 317 g/mol. The minimum absolute atomic E-state index is 0.354. The number of rotatable bonds is 4. The number of nitrogens with one attached hydrogen (secondary N) is 2. The molecule has 3 aromatic rings. The highest BCUT2D eigenvalue weighted by molar-refractivity contribution is 6.07. The predicted octanol–water partition coefficient (Wildman–Crippen LogP) is 4.83. The average Bonchev–Trinajstić information content (AvgIpc) is 2.58. The molecule has 0 unspecified atom stereocenters. The lowest BCUT2D eigenvalue weighted by Gasteiger charge is -2.15. The Labute approximate surface area is 145 Å². The largest absolute Gasteiger partial charge is 0.339 e. The lowest BCUT2D eigenvalue weighted by Crippen LogP contribution is -2.15. The van der Waals surface area contributed by atoms with Crippen molar-refractivity contribution in [1.82, 2.24) is 4.98 Å². The summed E-state index contributed by atoms with van der Waals surface area (Å²) in [5, 5.41) is 5.94. The highest BCUT2D eigenvalue weighted by Crippen LogP contribution is 2.25. The number of aromatic nitrogens is 1. The van der Waals surface area contributed by atoms with Crippen LogP contribution in [0.3, 0.4) is 0 Å². The van der Waals surface area contributed by atoms with Crippen LogP contribution >= 0.6 is 0 Å². The summed E-state index contributed by atoms with van der Waals surface area (Å²) in [5.41, 5.74) is 3.81. The van der Waals surface area contributed by atoms with Gasteiger partial charge in [0.2, 0.25) is 0 Å². The van der Waals surface area contributed by atoms with Gasteiger partial charge in [-0.15, -0.1) is 0 Å².